The average Bonchev–Trinajstić information content (AvgIpc) is 2.70. The molecular formula is C20H25F3IN3O3. The molecule has 2 rings (SSSR count). The van der Waals surface area contributed by atoms with Gasteiger partial charge in [-0.2, -0.15) is 13.2 Å². The van der Waals surface area contributed by atoms with Gasteiger partial charge in [-0.1, -0.05) is 12.1 Å². The number of ether oxygens (including phenoxy) is 3. The Balaban J connectivity index is 0.00000450. The van der Waals surface area contributed by atoms with Crippen LogP contribution in [0.3, 0.4) is 0 Å². The Morgan fingerprint density at radius 2 is 1.80 bits per heavy atom. The van der Waals surface area contributed by atoms with Crippen molar-refractivity contribution in [1.29, 1.82) is 0 Å². The maximum atomic E-state index is 12.7. The number of alkyl halides is 3. The summed E-state index contributed by atoms with van der Waals surface area (Å²) in [5.41, 5.74) is 6.06. The van der Waals surface area contributed by atoms with E-state index in [2.05, 4.69) is 10.3 Å². The lowest BCUT2D eigenvalue weighted by Crippen LogP contribution is -2.35. The molecule has 0 saturated heterocycles. The van der Waals surface area contributed by atoms with Gasteiger partial charge in [-0.25, -0.2) is 0 Å². The molecule has 166 valence electrons. The number of methoxy groups -OCH3 is 2. The van der Waals surface area contributed by atoms with E-state index in [-0.39, 0.29) is 42.3 Å². The molecular weight excluding hydrogens is 514 g/mol. The van der Waals surface area contributed by atoms with E-state index < -0.39 is 11.7 Å². The lowest BCUT2D eigenvalue weighted by Gasteiger charge is -2.11. The number of aliphatic imine (C=N–C) groups is 1. The molecule has 0 aliphatic carbocycles. The van der Waals surface area contributed by atoms with Crippen LogP contribution in [0.15, 0.2) is 47.5 Å². The maximum absolute atomic E-state index is 12.7. The first-order chi connectivity index (χ1) is 13.8. The highest BCUT2D eigenvalue weighted by Crippen LogP contribution is 2.31. The van der Waals surface area contributed by atoms with Crippen molar-refractivity contribution >= 4 is 29.9 Å². The zero-order valence-electron chi connectivity index (χ0n) is 16.7. The summed E-state index contributed by atoms with van der Waals surface area (Å²) in [7, 11) is 3.15. The Morgan fingerprint density at radius 3 is 2.47 bits per heavy atom. The Hall–Kier alpha value is -2.37. The van der Waals surface area contributed by atoms with E-state index in [9.17, 15) is 13.2 Å². The third-order valence-electron chi connectivity index (χ3n) is 3.97. The van der Waals surface area contributed by atoms with E-state index >= 15 is 0 Å². The highest BCUT2D eigenvalue weighted by Gasteiger charge is 2.30. The van der Waals surface area contributed by atoms with Crippen LogP contribution in [0.1, 0.15) is 11.1 Å². The molecule has 0 heterocycles. The van der Waals surface area contributed by atoms with Crippen molar-refractivity contribution in [2.75, 3.05) is 33.9 Å². The molecule has 6 nitrogen and oxygen atoms in total. The van der Waals surface area contributed by atoms with E-state index in [0.717, 1.165) is 17.7 Å². The minimum atomic E-state index is -4.40. The first-order valence-corrected chi connectivity index (χ1v) is 8.88. The summed E-state index contributed by atoms with van der Waals surface area (Å²) >= 11 is 0. The van der Waals surface area contributed by atoms with E-state index in [1.54, 1.807) is 14.2 Å². The number of nitrogens with two attached hydrogens (primary N) is 1. The number of guanidine groups is 1. The quantitative estimate of drug-likeness (QED) is 0.219. The van der Waals surface area contributed by atoms with Crippen LogP contribution in [0.25, 0.3) is 0 Å². The Morgan fingerprint density at radius 1 is 1.07 bits per heavy atom. The molecule has 0 radical (unpaired) electrons. The zero-order chi connectivity index (χ0) is 21.3. The molecule has 0 atom stereocenters. The molecule has 10 heteroatoms. The van der Waals surface area contributed by atoms with E-state index in [4.69, 9.17) is 19.9 Å². The Labute approximate surface area is 190 Å². The normalized spacial score (nSPS) is 11.4. The molecule has 0 spiro atoms. The van der Waals surface area contributed by atoms with Gasteiger partial charge in [-0.05, 0) is 42.3 Å². The predicted octanol–water partition coefficient (Wildman–Crippen LogP) is 3.87. The molecule has 0 saturated carbocycles. The van der Waals surface area contributed by atoms with E-state index in [1.807, 2.05) is 18.2 Å². The standard InChI is InChI=1S/C20H24F3N3O3.HI/c1-27-17-7-6-14(12-18(17)28-2)8-9-25-19(24)26-10-11-29-16-5-3-4-15(13-16)20(21,22)23;/h3-7,12-13H,8-11H2,1-2H3,(H3,24,25,26);1H. The minimum absolute atomic E-state index is 0. The number of hydrogen-bond acceptors (Lipinski definition) is 4. The summed E-state index contributed by atoms with van der Waals surface area (Å²) in [6.45, 7) is 0.915. The predicted molar refractivity (Wildman–Crippen MR) is 120 cm³/mol. The van der Waals surface area contributed by atoms with Crippen molar-refractivity contribution < 1.29 is 27.4 Å². The van der Waals surface area contributed by atoms with Crippen LogP contribution >= 0.6 is 24.0 Å². The molecule has 0 fully saturated rings. The molecule has 30 heavy (non-hydrogen) atoms. The highest BCUT2D eigenvalue weighted by molar-refractivity contribution is 14.0. The van der Waals surface area contributed by atoms with Crippen LogP contribution in [0.5, 0.6) is 17.2 Å². The second kappa shape index (κ2) is 12.4. The van der Waals surface area contributed by atoms with Gasteiger partial charge in [0, 0.05) is 6.54 Å². The number of benzene rings is 2. The third kappa shape index (κ3) is 8.17. The van der Waals surface area contributed by atoms with Crippen molar-refractivity contribution in [2.45, 2.75) is 12.6 Å². The van der Waals surface area contributed by atoms with Crippen molar-refractivity contribution in [3.05, 3.63) is 53.6 Å². The number of nitrogens with zero attached hydrogens (tertiary/aromatic N) is 1. The molecule has 0 aliphatic heterocycles. The summed E-state index contributed by atoms with van der Waals surface area (Å²) in [4.78, 5) is 4.22. The fourth-order valence-electron chi connectivity index (χ4n) is 2.51. The van der Waals surface area contributed by atoms with Crippen LogP contribution in [0.4, 0.5) is 13.2 Å². The van der Waals surface area contributed by atoms with Crippen LogP contribution in [0, 0.1) is 0 Å². The van der Waals surface area contributed by atoms with Crippen LogP contribution in [0.2, 0.25) is 0 Å². The van der Waals surface area contributed by atoms with Gasteiger partial charge >= 0.3 is 6.18 Å². The van der Waals surface area contributed by atoms with Crippen molar-refractivity contribution in [2.24, 2.45) is 10.7 Å². The molecule has 0 aromatic heterocycles. The van der Waals surface area contributed by atoms with E-state index in [1.165, 1.54) is 12.1 Å². The smallest absolute Gasteiger partial charge is 0.416 e. The number of hydrogen-bond donors (Lipinski definition) is 2. The monoisotopic (exact) mass is 539 g/mol. The topological polar surface area (TPSA) is 78.1 Å². The number of rotatable bonds is 9. The lowest BCUT2D eigenvalue weighted by molar-refractivity contribution is -0.137. The van der Waals surface area contributed by atoms with Gasteiger partial charge in [-0.15, -0.1) is 24.0 Å². The van der Waals surface area contributed by atoms with E-state index in [0.29, 0.717) is 31.0 Å². The maximum Gasteiger partial charge on any atom is 0.416 e. The molecule has 0 aliphatic rings. The van der Waals surface area contributed by atoms with Crippen molar-refractivity contribution in [3.8, 4) is 17.2 Å². The molecule has 2 aromatic rings. The fraction of sp³-hybridized carbons (Fsp3) is 0.350. The molecule has 0 amide bonds. The Bertz CT molecular complexity index is 832. The number of nitrogens with one attached hydrogen (secondary N) is 1. The van der Waals surface area contributed by atoms with Gasteiger partial charge in [0.2, 0.25) is 0 Å². The Kier molecular flexibility index (Phi) is 10.6. The first kappa shape index (κ1) is 25.7. The molecule has 2 aromatic carbocycles. The first-order valence-electron chi connectivity index (χ1n) is 8.88. The minimum Gasteiger partial charge on any atom is -0.493 e. The molecule has 0 unspecified atom stereocenters. The van der Waals surface area contributed by atoms with Gasteiger partial charge in [0.05, 0.1) is 26.3 Å². The number of halogens is 4. The second-order valence-corrected chi connectivity index (χ2v) is 6.01. The van der Waals surface area contributed by atoms with Crippen LogP contribution in [-0.4, -0.2) is 39.9 Å². The van der Waals surface area contributed by atoms with Crippen molar-refractivity contribution in [1.82, 2.24) is 5.32 Å². The summed E-state index contributed by atoms with van der Waals surface area (Å²) in [6.07, 6.45) is -3.74. The highest BCUT2D eigenvalue weighted by atomic mass is 127. The summed E-state index contributed by atoms with van der Waals surface area (Å²) in [6, 6.07) is 10.3. The summed E-state index contributed by atoms with van der Waals surface area (Å²) < 4.78 is 53.8. The SMILES string of the molecule is COc1ccc(CCN=C(N)NCCOc2cccc(C(F)(F)F)c2)cc1OC.I. The summed E-state index contributed by atoms with van der Waals surface area (Å²) in [5, 5.41) is 2.86. The lowest BCUT2D eigenvalue weighted by atomic mass is 10.1. The largest absolute Gasteiger partial charge is 0.493 e. The van der Waals surface area contributed by atoms with Crippen LogP contribution in [-0.2, 0) is 12.6 Å². The average molecular weight is 539 g/mol. The third-order valence-corrected chi connectivity index (χ3v) is 3.97. The van der Waals surface area contributed by atoms with Gasteiger partial charge in [0.1, 0.15) is 12.4 Å². The second-order valence-electron chi connectivity index (χ2n) is 6.01. The van der Waals surface area contributed by atoms with Gasteiger partial charge in [-0.3, -0.25) is 4.99 Å². The molecule has 3 N–H and O–H groups in total. The van der Waals surface area contributed by atoms with Crippen molar-refractivity contribution in [3.63, 3.8) is 0 Å². The molecule has 0 bridgehead atoms. The van der Waals surface area contributed by atoms with Gasteiger partial charge in [0.25, 0.3) is 0 Å². The van der Waals surface area contributed by atoms with Crippen LogP contribution < -0.4 is 25.3 Å². The fourth-order valence-corrected chi connectivity index (χ4v) is 2.51. The van der Waals surface area contributed by atoms with Gasteiger partial charge in [0.15, 0.2) is 17.5 Å². The zero-order valence-corrected chi connectivity index (χ0v) is 19.0. The van der Waals surface area contributed by atoms with Gasteiger partial charge < -0.3 is 25.3 Å². The summed E-state index contributed by atoms with van der Waals surface area (Å²) in [5.74, 6) is 1.68.